The zero-order valence-electron chi connectivity index (χ0n) is 21.4. The fourth-order valence-corrected chi connectivity index (χ4v) is 8.17. The minimum absolute atomic E-state index is 0.0841. The van der Waals surface area contributed by atoms with E-state index >= 15 is 0 Å². The highest BCUT2D eigenvalue weighted by molar-refractivity contribution is 8.03. The average Bonchev–Trinajstić information content (AvgIpc) is 3.28. The molecule has 1 aliphatic heterocycles. The Labute approximate surface area is 242 Å². The molecule has 2 aliphatic rings. The number of aryl methyl sites for hydroxylation is 1. The lowest BCUT2D eigenvalue weighted by Crippen LogP contribution is -2.36. The smallest absolute Gasteiger partial charge is 0.265 e. The Bertz CT molecular complexity index is 1620. The molecule has 0 bridgehead atoms. The third kappa shape index (κ3) is 6.32. The van der Waals surface area contributed by atoms with Gasteiger partial charge in [-0.15, -0.1) is 0 Å². The molecule has 2 aromatic carbocycles. The average molecular weight is 609 g/mol. The highest BCUT2D eigenvalue weighted by Gasteiger charge is 2.29. The van der Waals surface area contributed by atoms with E-state index in [-0.39, 0.29) is 11.2 Å². The van der Waals surface area contributed by atoms with Crippen LogP contribution in [0.15, 0.2) is 69.6 Å². The number of hydrogen-bond acceptors (Lipinski definition) is 5. The molecule has 0 fully saturated rings. The molecule has 5 rings (SSSR count). The summed E-state index contributed by atoms with van der Waals surface area (Å²) in [6.45, 7) is 5.04. The topological polar surface area (TPSA) is 61.5 Å². The molecule has 5 nitrogen and oxygen atoms in total. The Morgan fingerprint density at radius 3 is 2.61 bits per heavy atom. The molecular weight excluding hydrogens is 579 g/mol. The summed E-state index contributed by atoms with van der Waals surface area (Å²) in [6.07, 6.45) is 8.98. The van der Waals surface area contributed by atoms with Crippen molar-refractivity contribution >= 4 is 78.4 Å². The second-order valence-electron chi connectivity index (χ2n) is 10.6. The van der Waals surface area contributed by atoms with E-state index in [1.165, 1.54) is 21.1 Å². The Morgan fingerprint density at radius 1 is 1.11 bits per heavy atom. The summed E-state index contributed by atoms with van der Waals surface area (Å²) in [6, 6.07) is 11.8. The SMILES string of the molecule is CN1/C(=C/C2=CC(=C/c3sc4ccc(Cl)cc4[n+]3CCCS(=O)(=O)O)/CC(C)(C)C2)Sc2ccc(Cl)cc21. The van der Waals surface area contributed by atoms with Crippen LogP contribution in [0, 0.1) is 5.41 Å². The molecule has 0 radical (unpaired) electrons. The first-order valence-electron chi connectivity index (χ1n) is 12.3. The number of thiazole rings is 1. The van der Waals surface area contributed by atoms with E-state index < -0.39 is 10.1 Å². The van der Waals surface area contributed by atoms with Gasteiger partial charge in [0.05, 0.1) is 16.5 Å². The standard InChI is InChI=1S/C28H28Cl2N2O3S3/c1-28(2)16-18(12-26-31(3)22-14-20(29)5-7-24(22)36-26)11-19(17-28)13-27-32(9-4-10-38(33,34)35)23-15-21(30)6-8-25(23)37-27/h5-8,11-15H,4,9-10,16-17H2,1-3H3/p+1. The Balaban J connectivity index is 1.51. The fourth-order valence-electron chi connectivity index (χ4n) is 5.09. The summed E-state index contributed by atoms with van der Waals surface area (Å²) in [4.78, 5) is 3.39. The first-order chi connectivity index (χ1) is 17.9. The zero-order chi connectivity index (χ0) is 27.2. The Hall–Kier alpha value is -1.81. The van der Waals surface area contributed by atoms with Crippen LogP contribution in [-0.2, 0) is 16.7 Å². The first kappa shape index (κ1) is 27.7. The Morgan fingerprint density at radius 2 is 1.84 bits per heavy atom. The van der Waals surface area contributed by atoms with Gasteiger partial charge in [-0.05, 0) is 65.8 Å². The summed E-state index contributed by atoms with van der Waals surface area (Å²) in [5, 5.41) is 3.56. The van der Waals surface area contributed by atoms with Crippen molar-refractivity contribution in [3.63, 3.8) is 0 Å². The number of rotatable bonds is 6. The summed E-state index contributed by atoms with van der Waals surface area (Å²) in [5.41, 5.74) is 4.66. The molecular formula is C28H29Cl2N2O3S3+. The van der Waals surface area contributed by atoms with Crippen LogP contribution in [0.5, 0.6) is 0 Å². The van der Waals surface area contributed by atoms with E-state index in [1.54, 1.807) is 23.1 Å². The lowest BCUT2D eigenvalue weighted by molar-refractivity contribution is -0.668. The summed E-state index contributed by atoms with van der Waals surface area (Å²) >= 11 is 16.0. The van der Waals surface area contributed by atoms with Gasteiger partial charge in [0.1, 0.15) is 4.70 Å². The van der Waals surface area contributed by atoms with E-state index in [1.807, 2.05) is 30.3 Å². The van der Waals surface area contributed by atoms with Crippen LogP contribution in [-0.4, -0.2) is 25.8 Å². The highest BCUT2D eigenvalue weighted by atomic mass is 35.5. The fraction of sp³-hybridized carbons (Fsp3) is 0.321. The number of thioether (sulfide) groups is 1. The van der Waals surface area contributed by atoms with Gasteiger partial charge in [-0.25, -0.2) is 0 Å². The van der Waals surface area contributed by atoms with Gasteiger partial charge in [0.2, 0.25) is 5.52 Å². The van der Waals surface area contributed by atoms with Gasteiger partial charge in [-0.3, -0.25) is 4.55 Å². The molecule has 200 valence electrons. The lowest BCUT2D eigenvalue weighted by Gasteiger charge is -2.30. The first-order valence-corrected chi connectivity index (χ1v) is 16.3. The van der Waals surface area contributed by atoms with Gasteiger partial charge < -0.3 is 4.90 Å². The number of fused-ring (bicyclic) bond motifs is 2. The predicted octanol–water partition coefficient (Wildman–Crippen LogP) is 7.99. The third-order valence-electron chi connectivity index (χ3n) is 6.66. The van der Waals surface area contributed by atoms with Crippen molar-refractivity contribution in [2.75, 3.05) is 17.7 Å². The van der Waals surface area contributed by atoms with E-state index in [2.05, 4.69) is 54.7 Å². The van der Waals surface area contributed by atoms with Gasteiger partial charge in [0.25, 0.3) is 15.1 Å². The molecule has 0 saturated carbocycles. The number of benzene rings is 2. The van der Waals surface area contributed by atoms with Crippen LogP contribution in [0.25, 0.3) is 16.3 Å². The largest absolute Gasteiger partial charge is 0.338 e. The van der Waals surface area contributed by atoms with E-state index in [0.29, 0.717) is 18.0 Å². The van der Waals surface area contributed by atoms with Crippen molar-refractivity contribution < 1.29 is 17.5 Å². The van der Waals surface area contributed by atoms with Gasteiger partial charge in [-0.2, -0.15) is 13.0 Å². The molecule has 2 heterocycles. The van der Waals surface area contributed by atoms with Gasteiger partial charge >= 0.3 is 0 Å². The second-order valence-corrected chi connectivity index (χ2v) is 15.1. The van der Waals surface area contributed by atoms with Crippen LogP contribution in [0.2, 0.25) is 10.0 Å². The van der Waals surface area contributed by atoms with Gasteiger partial charge in [-0.1, -0.05) is 66.2 Å². The van der Waals surface area contributed by atoms with Crippen LogP contribution < -0.4 is 9.47 Å². The van der Waals surface area contributed by atoms with E-state index in [0.717, 1.165) is 38.8 Å². The minimum atomic E-state index is -4.02. The maximum absolute atomic E-state index is 11.3. The van der Waals surface area contributed by atoms with Crippen LogP contribution >= 0.6 is 46.3 Å². The molecule has 1 N–H and O–H groups in total. The van der Waals surface area contributed by atoms with E-state index in [4.69, 9.17) is 23.2 Å². The summed E-state index contributed by atoms with van der Waals surface area (Å²) < 4.78 is 35.1. The normalized spacial score (nSPS) is 19.4. The maximum Gasteiger partial charge on any atom is 0.265 e. The number of hydrogen-bond donors (Lipinski definition) is 1. The molecule has 0 spiro atoms. The number of allylic oxidation sites excluding steroid dienone is 4. The van der Waals surface area contributed by atoms with Crippen molar-refractivity contribution in [2.24, 2.45) is 5.41 Å². The molecule has 0 saturated heterocycles. The Kier molecular flexibility index (Phi) is 7.77. The monoisotopic (exact) mass is 607 g/mol. The number of nitrogens with zero attached hydrogens (tertiary/aromatic N) is 2. The molecule has 10 heteroatoms. The molecule has 1 aliphatic carbocycles. The van der Waals surface area contributed by atoms with Crippen molar-refractivity contribution in [1.82, 2.24) is 0 Å². The van der Waals surface area contributed by atoms with E-state index in [9.17, 15) is 13.0 Å². The maximum atomic E-state index is 11.3. The number of halogens is 2. The lowest BCUT2D eigenvalue weighted by atomic mass is 9.75. The quantitative estimate of drug-likeness (QED) is 0.227. The summed E-state index contributed by atoms with van der Waals surface area (Å²) in [5.74, 6) is -0.280. The van der Waals surface area contributed by atoms with Crippen molar-refractivity contribution in [3.8, 4) is 0 Å². The number of anilines is 1. The van der Waals surface area contributed by atoms with Gasteiger partial charge in [0, 0.05) is 40.6 Å². The van der Waals surface area contributed by atoms with Crippen molar-refractivity contribution in [2.45, 2.75) is 44.6 Å². The zero-order valence-corrected chi connectivity index (χ0v) is 25.3. The van der Waals surface area contributed by atoms with Crippen LogP contribution in [0.3, 0.4) is 0 Å². The molecule has 0 unspecified atom stereocenters. The highest BCUT2D eigenvalue weighted by Crippen LogP contribution is 2.48. The molecule has 3 aromatic rings. The number of aromatic nitrogens is 1. The molecule has 38 heavy (non-hydrogen) atoms. The van der Waals surface area contributed by atoms with Crippen LogP contribution in [0.4, 0.5) is 5.69 Å². The van der Waals surface area contributed by atoms with Crippen molar-refractivity contribution in [1.29, 1.82) is 0 Å². The van der Waals surface area contributed by atoms with Gasteiger partial charge in [0.15, 0.2) is 6.54 Å². The second kappa shape index (κ2) is 10.6. The molecule has 1 aromatic heterocycles. The predicted molar refractivity (Wildman–Crippen MR) is 161 cm³/mol. The minimum Gasteiger partial charge on any atom is -0.338 e. The van der Waals surface area contributed by atoms with Crippen molar-refractivity contribution in [3.05, 3.63) is 79.8 Å². The third-order valence-corrected chi connectivity index (χ3v) is 10.2. The van der Waals surface area contributed by atoms with Crippen LogP contribution in [0.1, 0.15) is 38.1 Å². The summed E-state index contributed by atoms with van der Waals surface area (Å²) in [7, 11) is -1.95. The molecule has 0 amide bonds. The molecule has 0 atom stereocenters.